The van der Waals surface area contributed by atoms with Crippen LogP contribution in [0.5, 0.6) is 0 Å². The van der Waals surface area contributed by atoms with Crippen LogP contribution in [0.3, 0.4) is 0 Å². The molecule has 0 saturated heterocycles. The van der Waals surface area contributed by atoms with E-state index in [1.165, 1.54) is 180 Å². The molecule has 0 aliphatic carbocycles. The minimum absolute atomic E-state index is 0.101. The van der Waals surface area contributed by atoms with Gasteiger partial charge in [0, 0.05) is 12.8 Å². The number of allylic oxidation sites excluding steroid dienone is 9. The fourth-order valence-electron chi connectivity index (χ4n) is 8.28. The number of hydrogen-bond acceptors (Lipinski definition) is 6. The van der Waals surface area contributed by atoms with Crippen molar-refractivity contribution in [1.82, 2.24) is 0 Å². The summed E-state index contributed by atoms with van der Waals surface area (Å²) < 4.78 is 16.7. The second-order valence-corrected chi connectivity index (χ2v) is 19.2. The zero-order valence-corrected chi connectivity index (χ0v) is 44.4. The number of carbonyl (C=O) groups excluding carboxylic acids is 3. The summed E-state index contributed by atoms with van der Waals surface area (Å²) in [6.45, 7) is 6.46. The van der Waals surface area contributed by atoms with Gasteiger partial charge >= 0.3 is 17.9 Å². The van der Waals surface area contributed by atoms with Crippen molar-refractivity contribution in [2.45, 2.75) is 297 Å². The topological polar surface area (TPSA) is 78.9 Å². The highest BCUT2D eigenvalue weighted by molar-refractivity contribution is 5.72. The quantitative estimate of drug-likeness (QED) is 0.0262. The first kappa shape index (κ1) is 64.1. The van der Waals surface area contributed by atoms with Crippen molar-refractivity contribution in [3.63, 3.8) is 0 Å². The zero-order valence-electron chi connectivity index (χ0n) is 44.4. The highest BCUT2D eigenvalue weighted by Gasteiger charge is 2.19. The van der Waals surface area contributed by atoms with Crippen LogP contribution in [0.25, 0.3) is 0 Å². The van der Waals surface area contributed by atoms with Gasteiger partial charge in [0.2, 0.25) is 0 Å². The highest BCUT2D eigenvalue weighted by Crippen LogP contribution is 2.17. The molecule has 0 N–H and O–H groups in total. The molecule has 0 spiro atoms. The maximum atomic E-state index is 12.7. The Morgan fingerprint density at radius 2 is 0.567 bits per heavy atom. The Balaban J connectivity index is 4.27. The van der Waals surface area contributed by atoms with E-state index in [9.17, 15) is 14.4 Å². The minimum Gasteiger partial charge on any atom is -0.462 e. The van der Waals surface area contributed by atoms with Crippen molar-refractivity contribution in [2.24, 2.45) is 0 Å². The fraction of sp³-hybridized carbons (Fsp3) is 0.787. The molecule has 0 fully saturated rings. The second-order valence-electron chi connectivity index (χ2n) is 19.2. The number of esters is 3. The van der Waals surface area contributed by atoms with Gasteiger partial charge in [-0.1, -0.05) is 287 Å². The van der Waals surface area contributed by atoms with Crippen LogP contribution < -0.4 is 0 Å². The molecule has 0 aromatic rings. The third-order valence-corrected chi connectivity index (χ3v) is 12.6. The fourth-order valence-corrected chi connectivity index (χ4v) is 8.28. The molecular weight excluding hydrogens is 829 g/mol. The SMILES string of the molecule is CC/C=C\C/C=C\C/C=C\C/C=C\C/C=C\CC(=O)OC(COC(=O)CCCCCCCCCCCC)COC(=O)CCCCCCCCCCCCCCCCCCCCCCCCCC. The Labute approximate surface area is 415 Å². The first-order valence-corrected chi connectivity index (χ1v) is 28.8. The van der Waals surface area contributed by atoms with Crippen molar-refractivity contribution < 1.29 is 28.6 Å². The number of hydrogen-bond donors (Lipinski definition) is 0. The van der Waals surface area contributed by atoms with Crippen LogP contribution in [0.15, 0.2) is 60.8 Å². The average Bonchev–Trinajstić information content (AvgIpc) is 3.33. The number of unbranched alkanes of at least 4 members (excludes halogenated alkanes) is 32. The number of ether oxygens (including phenoxy) is 3. The van der Waals surface area contributed by atoms with E-state index in [1.807, 2.05) is 6.08 Å². The van der Waals surface area contributed by atoms with Gasteiger partial charge in [0.25, 0.3) is 0 Å². The number of carbonyl (C=O) groups is 3. The molecule has 6 nitrogen and oxygen atoms in total. The summed E-state index contributed by atoms with van der Waals surface area (Å²) >= 11 is 0. The molecule has 0 radical (unpaired) electrons. The summed E-state index contributed by atoms with van der Waals surface area (Å²) in [5.41, 5.74) is 0. The van der Waals surface area contributed by atoms with Gasteiger partial charge in [-0.15, -0.1) is 0 Å². The van der Waals surface area contributed by atoms with Crippen molar-refractivity contribution in [2.75, 3.05) is 13.2 Å². The Kier molecular flexibility index (Phi) is 53.3. The first-order valence-electron chi connectivity index (χ1n) is 28.8. The summed E-state index contributed by atoms with van der Waals surface area (Å²) in [5, 5.41) is 0. The summed E-state index contributed by atoms with van der Waals surface area (Å²) in [7, 11) is 0. The smallest absolute Gasteiger partial charge is 0.310 e. The van der Waals surface area contributed by atoms with Gasteiger partial charge < -0.3 is 14.2 Å². The van der Waals surface area contributed by atoms with Gasteiger partial charge in [-0.25, -0.2) is 0 Å². The molecule has 0 aromatic heterocycles. The standard InChI is InChI=1S/C61H108O6/c1-4-7-10-13-16-19-22-24-26-27-28-29-30-31-32-33-34-36-37-39-42-45-48-51-54-60(63)66-57-58(56-65-59(62)53-50-47-44-41-21-18-15-12-9-6-3)67-61(64)55-52-49-46-43-40-38-35-25-23-20-17-14-11-8-5-2/h8,11,17,20,25,35,40,43,49,52,58H,4-7,9-10,12-16,18-19,21-24,26-34,36-39,41-42,44-48,50-51,53-57H2,1-3H3/b11-8-,20-17-,35-25-,43-40-,52-49-. The van der Waals surface area contributed by atoms with Crippen LogP contribution in [-0.2, 0) is 28.6 Å². The summed E-state index contributed by atoms with van der Waals surface area (Å²) in [6.07, 6.45) is 69.7. The summed E-state index contributed by atoms with van der Waals surface area (Å²) in [6, 6.07) is 0. The molecule has 67 heavy (non-hydrogen) atoms. The van der Waals surface area contributed by atoms with Crippen LogP contribution in [0.4, 0.5) is 0 Å². The largest absolute Gasteiger partial charge is 0.462 e. The van der Waals surface area contributed by atoms with E-state index in [-0.39, 0.29) is 31.6 Å². The van der Waals surface area contributed by atoms with E-state index in [0.29, 0.717) is 12.8 Å². The van der Waals surface area contributed by atoms with Crippen LogP contribution in [0, 0.1) is 0 Å². The molecule has 6 heteroatoms. The number of rotatable bonds is 52. The van der Waals surface area contributed by atoms with Crippen molar-refractivity contribution in [3.05, 3.63) is 60.8 Å². The predicted molar refractivity (Wildman–Crippen MR) is 288 cm³/mol. The lowest BCUT2D eigenvalue weighted by Crippen LogP contribution is -2.30. The molecule has 0 saturated carbocycles. The first-order chi connectivity index (χ1) is 33.0. The molecular formula is C61H108O6. The lowest BCUT2D eigenvalue weighted by atomic mass is 10.0. The third kappa shape index (κ3) is 53.9. The maximum absolute atomic E-state index is 12.7. The molecule has 0 bridgehead atoms. The van der Waals surface area contributed by atoms with Crippen molar-refractivity contribution in [3.8, 4) is 0 Å². The van der Waals surface area contributed by atoms with E-state index in [4.69, 9.17) is 14.2 Å². The second kappa shape index (κ2) is 55.7. The van der Waals surface area contributed by atoms with Crippen LogP contribution in [0.1, 0.15) is 290 Å². The Morgan fingerprint density at radius 1 is 0.313 bits per heavy atom. The predicted octanol–water partition coefficient (Wildman–Crippen LogP) is 19.2. The van der Waals surface area contributed by atoms with E-state index in [0.717, 1.165) is 70.6 Å². The lowest BCUT2D eigenvalue weighted by molar-refractivity contribution is -0.166. The van der Waals surface area contributed by atoms with E-state index in [1.54, 1.807) is 6.08 Å². The van der Waals surface area contributed by atoms with Crippen LogP contribution >= 0.6 is 0 Å². The van der Waals surface area contributed by atoms with E-state index < -0.39 is 12.1 Å². The van der Waals surface area contributed by atoms with Gasteiger partial charge in [-0.3, -0.25) is 14.4 Å². The lowest BCUT2D eigenvalue weighted by Gasteiger charge is -2.18. The van der Waals surface area contributed by atoms with Crippen LogP contribution in [0.2, 0.25) is 0 Å². The van der Waals surface area contributed by atoms with Crippen molar-refractivity contribution in [1.29, 1.82) is 0 Å². The molecule has 0 amide bonds. The molecule has 1 atom stereocenters. The Hall–Kier alpha value is -2.89. The van der Waals surface area contributed by atoms with Gasteiger partial charge in [0.1, 0.15) is 13.2 Å². The Bertz CT molecular complexity index is 1210. The van der Waals surface area contributed by atoms with Gasteiger partial charge in [-0.05, 0) is 44.9 Å². The van der Waals surface area contributed by atoms with Gasteiger partial charge in [0.15, 0.2) is 6.10 Å². The molecule has 1 unspecified atom stereocenters. The van der Waals surface area contributed by atoms with E-state index >= 15 is 0 Å². The zero-order chi connectivity index (χ0) is 48.6. The molecule has 0 heterocycles. The third-order valence-electron chi connectivity index (χ3n) is 12.6. The molecule has 0 aliphatic heterocycles. The van der Waals surface area contributed by atoms with E-state index in [2.05, 4.69) is 69.4 Å². The highest BCUT2D eigenvalue weighted by atomic mass is 16.6. The van der Waals surface area contributed by atoms with Crippen molar-refractivity contribution >= 4 is 17.9 Å². The normalized spacial score (nSPS) is 12.5. The average molecular weight is 938 g/mol. The maximum Gasteiger partial charge on any atom is 0.310 e. The van der Waals surface area contributed by atoms with Gasteiger partial charge in [0.05, 0.1) is 6.42 Å². The summed E-state index contributed by atoms with van der Waals surface area (Å²) in [4.78, 5) is 38.0. The minimum atomic E-state index is -0.824. The Morgan fingerprint density at radius 3 is 0.851 bits per heavy atom. The molecule has 0 aromatic carbocycles. The molecule has 0 rings (SSSR count). The molecule has 388 valence electrons. The monoisotopic (exact) mass is 937 g/mol. The summed E-state index contributed by atoms with van der Waals surface area (Å²) in [5.74, 6) is -1.03. The molecule has 0 aliphatic rings. The van der Waals surface area contributed by atoms with Crippen LogP contribution in [-0.4, -0.2) is 37.2 Å². The van der Waals surface area contributed by atoms with Gasteiger partial charge in [-0.2, -0.15) is 0 Å².